The van der Waals surface area contributed by atoms with E-state index >= 15 is 0 Å². The lowest BCUT2D eigenvalue weighted by molar-refractivity contribution is -0.137. The number of nitrogens with zero attached hydrogens (tertiary/aromatic N) is 6. The molecule has 0 atom stereocenters. The minimum absolute atomic E-state index is 0.140. The number of hydrogen-bond donors (Lipinski definition) is 0. The average Bonchev–Trinajstić information content (AvgIpc) is 3.42. The molecule has 35 heavy (non-hydrogen) atoms. The first-order valence-corrected chi connectivity index (χ1v) is 11.6. The molecule has 3 heterocycles. The van der Waals surface area contributed by atoms with Crippen molar-refractivity contribution in [3.63, 3.8) is 0 Å². The van der Waals surface area contributed by atoms with Crippen molar-refractivity contribution in [2.24, 2.45) is 0 Å². The summed E-state index contributed by atoms with van der Waals surface area (Å²) in [6.45, 7) is 7.03. The fourth-order valence-corrected chi connectivity index (χ4v) is 4.26. The third kappa shape index (κ3) is 4.54. The second-order valence-electron chi connectivity index (χ2n) is 8.37. The van der Waals surface area contributed by atoms with Crippen molar-refractivity contribution in [3.8, 4) is 11.4 Å². The molecule has 0 N–H and O–H groups in total. The van der Waals surface area contributed by atoms with Crippen LogP contribution >= 0.6 is 0 Å². The van der Waals surface area contributed by atoms with Crippen LogP contribution in [0.3, 0.4) is 0 Å². The van der Waals surface area contributed by atoms with E-state index in [-0.39, 0.29) is 17.8 Å². The number of hydrogen-bond acceptors (Lipinski definition) is 4. The van der Waals surface area contributed by atoms with Crippen LogP contribution in [0.15, 0.2) is 46.2 Å². The number of imidazole rings is 1. The van der Waals surface area contributed by atoms with Crippen LogP contribution in [0.2, 0.25) is 0 Å². The summed E-state index contributed by atoms with van der Waals surface area (Å²) in [5, 5.41) is 4.31. The van der Waals surface area contributed by atoms with Crippen molar-refractivity contribution in [3.05, 3.63) is 68.6 Å². The summed E-state index contributed by atoms with van der Waals surface area (Å²) in [7, 11) is 0. The lowest BCUT2D eigenvalue weighted by Gasteiger charge is -2.10. The van der Waals surface area contributed by atoms with Gasteiger partial charge in [0.25, 0.3) is 5.56 Å². The number of rotatable bonds is 8. The average molecular weight is 489 g/mol. The molecule has 0 saturated heterocycles. The van der Waals surface area contributed by atoms with Gasteiger partial charge in [-0.25, -0.2) is 9.78 Å². The number of aryl methyl sites for hydroxylation is 2. The molecule has 3 aromatic heterocycles. The van der Waals surface area contributed by atoms with Gasteiger partial charge in [-0.1, -0.05) is 26.0 Å². The first kappa shape index (κ1) is 24.5. The minimum Gasteiger partial charge on any atom is -0.318 e. The summed E-state index contributed by atoms with van der Waals surface area (Å²) in [5.41, 5.74) is 0.274. The van der Waals surface area contributed by atoms with Crippen molar-refractivity contribution >= 4 is 11.2 Å². The molecule has 11 heteroatoms. The molecule has 8 nitrogen and oxygen atoms in total. The number of fused-ring (bicyclic) bond motifs is 1. The molecule has 0 fully saturated rings. The molecule has 4 aromatic rings. The molecule has 0 spiro atoms. The predicted octanol–water partition coefficient (Wildman–Crippen LogP) is 4.13. The summed E-state index contributed by atoms with van der Waals surface area (Å²) in [6, 6.07) is 5.11. The number of benzene rings is 1. The van der Waals surface area contributed by atoms with Crippen LogP contribution in [0.1, 0.15) is 44.7 Å². The monoisotopic (exact) mass is 488 g/mol. The molecule has 4 rings (SSSR count). The Morgan fingerprint density at radius 2 is 1.69 bits per heavy atom. The van der Waals surface area contributed by atoms with Gasteiger partial charge in [0.2, 0.25) is 0 Å². The standard InChI is InChI=1S/C24H27F3N6O2/c1-4-10-32-19-21(31(6-3)23(35)33(11-5-2)22(19)34)29-20(32)17-13-28-30(15-17)14-16-8-7-9-18(12-16)24(25,26)27/h7-9,12-13,15H,4-6,10-11,14H2,1-3H3. The van der Waals surface area contributed by atoms with Gasteiger partial charge in [0.15, 0.2) is 11.2 Å². The Bertz CT molecular complexity index is 1480. The van der Waals surface area contributed by atoms with E-state index in [1.54, 1.807) is 23.0 Å². The second-order valence-corrected chi connectivity index (χ2v) is 8.37. The van der Waals surface area contributed by atoms with E-state index in [0.29, 0.717) is 54.2 Å². The van der Waals surface area contributed by atoms with Crippen LogP contribution in [-0.4, -0.2) is 28.5 Å². The summed E-state index contributed by atoms with van der Waals surface area (Å²) in [5.74, 6) is 0.491. The predicted molar refractivity (Wildman–Crippen MR) is 126 cm³/mol. The Morgan fingerprint density at radius 3 is 2.34 bits per heavy atom. The SMILES string of the molecule is CCCn1c(=O)c2c(nc(-c3cnn(Cc4cccc(C(F)(F)F)c4)c3)n2CCC)n(CC)c1=O. The van der Waals surface area contributed by atoms with Crippen molar-refractivity contribution in [1.29, 1.82) is 0 Å². The number of aromatic nitrogens is 6. The minimum atomic E-state index is -4.42. The molecule has 186 valence electrons. The lowest BCUT2D eigenvalue weighted by atomic mass is 10.1. The first-order valence-electron chi connectivity index (χ1n) is 11.6. The Labute approximate surface area is 199 Å². The van der Waals surface area contributed by atoms with Gasteiger partial charge in [-0.15, -0.1) is 0 Å². The maximum atomic E-state index is 13.3. The largest absolute Gasteiger partial charge is 0.416 e. The van der Waals surface area contributed by atoms with E-state index in [4.69, 9.17) is 0 Å². The highest BCUT2D eigenvalue weighted by Gasteiger charge is 2.30. The maximum absolute atomic E-state index is 13.3. The highest BCUT2D eigenvalue weighted by atomic mass is 19.4. The Hall–Kier alpha value is -3.63. The van der Waals surface area contributed by atoms with Gasteiger partial charge in [-0.2, -0.15) is 18.3 Å². The van der Waals surface area contributed by atoms with Gasteiger partial charge in [-0.3, -0.25) is 18.6 Å². The fourth-order valence-electron chi connectivity index (χ4n) is 4.26. The van der Waals surface area contributed by atoms with E-state index in [9.17, 15) is 22.8 Å². The first-order chi connectivity index (χ1) is 16.7. The topological polar surface area (TPSA) is 79.6 Å². The van der Waals surface area contributed by atoms with Gasteiger partial charge in [0, 0.05) is 25.8 Å². The molecule has 0 aliphatic rings. The van der Waals surface area contributed by atoms with Crippen LogP contribution in [0, 0.1) is 0 Å². The molecule has 1 aromatic carbocycles. The Balaban J connectivity index is 1.81. The molecule has 0 aliphatic carbocycles. The molecule has 0 radical (unpaired) electrons. The van der Waals surface area contributed by atoms with Crippen LogP contribution in [-0.2, 0) is 32.4 Å². The highest BCUT2D eigenvalue weighted by Crippen LogP contribution is 2.30. The normalized spacial score (nSPS) is 12.1. The zero-order valence-electron chi connectivity index (χ0n) is 19.8. The van der Waals surface area contributed by atoms with Crippen LogP contribution in [0.4, 0.5) is 13.2 Å². The smallest absolute Gasteiger partial charge is 0.318 e. The molecular formula is C24H27F3N6O2. The third-order valence-electron chi connectivity index (χ3n) is 5.82. The summed E-state index contributed by atoms with van der Waals surface area (Å²) in [6.07, 6.45) is 0.208. The van der Waals surface area contributed by atoms with E-state index < -0.39 is 11.7 Å². The van der Waals surface area contributed by atoms with Gasteiger partial charge >= 0.3 is 11.9 Å². The van der Waals surface area contributed by atoms with Gasteiger partial charge < -0.3 is 4.57 Å². The van der Waals surface area contributed by atoms with Crippen molar-refractivity contribution in [2.75, 3.05) is 0 Å². The second kappa shape index (κ2) is 9.55. The fraction of sp³-hybridized carbons (Fsp3) is 0.417. The van der Waals surface area contributed by atoms with Crippen molar-refractivity contribution in [2.45, 2.75) is 66.0 Å². The lowest BCUT2D eigenvalue weighted by Crippen LogP contribution is -2.40. The molecule has 0 aliphatic heterocycles. The van der Waals surface area contributed by atoms with Gasteiger partial charge in [0.1, 0.15) is 5.82 Å². The van der Waals surface area contributed by atoms with E-state index in [1.165, 1.54) is 19.9 Å². The van der Waals surface area contributed by atoms with E-state index in [2.05, 4.69) is 10.1 Å². The summed E-state index contributed by atoms with van der Waals surface area (Å²) >= 11 is 0. The number of halogens is 3. The maximum Gasteiger partial charge on any atom is 0.416 e. The zero-order valence-corrected chi connectivity index (χ0v) is 19.8. The van der Waals surface area contributed by atoms with Crippen LogP contribution in [0.25, 0.3) is 22.6 Å². The van der Waals surface area contributed by atoms with Crippen LogP contribution in [0.5, 0.6) is 0 Å². The van der Waals surface area contributed by atoms with Gasteiger partial charge in [-0.05, 0) is 37.5 Å². The molecule has 0 saturated carbocycles. The van der Waals surface area contributed by atoms with E-state index in [0.717, 1.165) is 18.6 Å². The Morgan fingerprint density at radius 1 is 0.971 bits per heavy atom. The summed E-state index contributed by atoms with van der Waals surface area (Å²) in [4.78, 5) is 30.9. The third-order valence-corrected chi connectivity index (χ3v) is 5.82. The van der Waals surface area contributed by atoms with Crippen molar-refractivity contribution in [1.82, 2.24) is 28.5 Å². The molecule has 0 unspecified atom stereocenters. The van der Waals surface area contributed by atoms with Gasteiger partial charge in [0.05, 0.1) is 23.9 Å². The number of alkyl halides is 3. The molecule has 0 amide bonds. The van der Waals surface area contributed by atoms with Crippen LogP contribution < -0.4 is 11.2 Å². The quantitative estimate of drug-likeness (QED) is 0.374. The molecular weight excluding hydrogens is 461 g/mol. The summed E-state index contributed by atoms with van der Waals surface area (Å²) < 4.78 is 45.3. The highest BCUT2D eigenvalue weighted by molar-refractivity contribution is 5.76. The zero-order chi connectivity index (χ0) is 25.3. The van der Waals surface area contributed by atoms with E-state index in [1.807, 2.05) is 20.8 Å². The molecule has 0 bridgehead atoms. The van der Waals surface area contributed by atoms with Crippen molar-refractivity contribution < 1.29 is 13.2 Å². The Kier molecular flexibility index (Phi) is 6.68.